The van der Waals surface area contributed by atoms with Gasteiger partial charge in [0.1, 0.15) is 0 Å². The third kappa shape index (κ3) is 8.99. The van der Waals surface area contributed by atoms with E-state index in [9.17, 15) is 39.5 Å². The smallest absolute Gasteiger partial charge is 0.422 e. The lowest BCUT2D eigenvalue weighted by atomic mass is 10.2. The highest BCUT2D eigenvalue weighted by Gasteiger charge is 2.31. The highest BCUT2D eigenvalue weighted by molar-refractivity contribution is 7.80. The Morgan fingerprint density at radius 2 is 1.25 bits per heavy atom. The fraction of sp³-hybridized carbons (Fsp3) is 0.312. The number of alkyl halides is 9. The molecule has 1 heterocycles. The SMILES string of the molecule is FC(F)(F)COc1cc(OCC(F)(F)F)nc(NC(=S)Nc2ccc(C(F)(F)F)cc2)n1. The molecule has 6 nitrogen and oxygen atoms in total. The molecule has 176 valence electrons. The van der Waals surface area contributed by atoms with Crippen LogP contribution in [0.4, 0.5) is 51.1 Å². The van der Waals surface area contributed by atoms with Crippen molar-refractivity contribution < 1.29 is 49.0 Å². The molecule has 0 aliphatic carbocycles. The van der Waals surface area contributed by atoms with Gasteiger partial charge in [-0.3, -0.25) is 0 Å². The molecule has 0 aliphatic rings. The number of nitrogens with one attached hydrogen (secondary N) is 2. The molecule has 2 rings (SSSR count). The Bertz CT molecular complexity index is 895. The van der Waals surface area contributed by atoms with Crippen molar-refractivity contribution in [2.24, 2.45) is 0 Å². The van der Waals surface area contributed by atoms with E-state index in [-0.39, 0.29) is 10.8 Å². The predicted molar refractivity (Wildman–Crippen MR) is 96.4 cm³/mol. The molecule has 0 saturated heterocycles. The second kappa shape index (κ2) is 9.62. The average Bonchev–Trinajstić information content (AvgIpc) is 2.63. The molecule has 1 aromatic heterocycles. The maximum atomic E-state index is 12.6. The molecule has 1 aromatic carbocycles. The lowest BCUT2D eigenvalue weighted by Crippen LogP contribution is -2.23. The molecule has 0 radical (unpaired) electrons. The first-order chi connectivity index (χ1) is 14.6. The van der Waals surface area contributed by atoms with Crippen LogP contribution in [-0.4, -0.2) is 40.6 Å². The second-order valence-electron chi connectivity index (χ2n) is 5.83. The third-order valence-electron chi connectivity index (χ3n) is 3.14. The van der Waals surface area contributed by atoms with Crippen molar-refractivity contribution in [1.82, 2.24) is 9.97 Å². The zero-order chi connectivity index (χ0) is 24.2. The fourth-order valence-electron chi connectivity index (χ4n) is 1.93. The number of thiocarbonyl (C=S) groups is 1. The van der Waals surface area contributed by atoms with E-state index in [2.05, 4.69) is 30.1 Å². The van der Waals surface area contributed by atoms with Crippen LogP contribution in [0.15, 0.2) is 30.3 Å². The van der Waals surface area contributed by atoms with Crippen molar-refractivity contribution in [2.75, 3.05) is 23.8 Å². The number of benzene rings is 1. The fourth-order valence-corrected chi connectivity index (χ4v) is 2.13. The third-order valence-corrected chi connectivity index (χ3v) is 3.35. The molecule has 16 heteroatoms. The maximum Gasteiger partial charge on any atom is 0.422 e. The number of nitrogens with zero attached hydrogens (tertiary/aromatic N) is 2. The molecule has 0 spiro atoms. The number of rotatable bonds is 6. The van der Waals surface area contributed by atoms with Crippen LogP contribution in [0.3, 0.4) is 0 Å². The second-order valence-corrected chi connectivity index (χ2v) is 6.24. The molecule has 0 aliphatic heterocycles. The number of anilines is 2. The van der Waals surface area contributed by atoms with Crippen molar-refractivity contribution in [1.29, 1.82) is 0 Å². The van der Waals surface area contributed by atoms with Crippen molar-refractivity contribution in [3.63, 3.8) is 0 Å². The summed E-state index contributed by atoms with van der Waals surface area (Å²) >= 11 is 4.89. The van der Waals surface area contributed by atoms with Crippen molar-refractivity contribution in [3.05, 3.63) is 35.9 Å². The van der Waals surface area contributed by atoms with E-state index in [0.29, 0.717) is 6.07 Å². The maximum absolute atomic E-state index is 12.6. The van der Waals surface area contributed by atoms with Gasteiger partial charge in [-0.05, 0) is 36.5 Å². The molecule has 0 fully saturated rings. The first-order valence-corrected chi connectivity index (χ1v) is 8.55. The zero-order valence-electron chi connectivity index (χ0n) is 15.3. The monoisotopic (exact) mass is 494 g/mol. The standard InChI is InChI=1S/C16H11F9N4O2S/c17-14(18,19)6-30-10-5-11(31-7-15(20,21)22)28-12(27-10)29-13(32)26-9-3-1-8(2-4-9)16(23,24)25/h1-5H,6-7H2,(H2,26,27,28,29,32). The van der Waals surface area contributed by atoms with Gasteiger partial charge in [-0.2, -0.15) is 49.5 Å². The van der Waals surface area contributed by atoms with Crippen LogP contribution in [0.1, 0.15) is 5.56 Å². The lowest BCUT2D eigenvalue weighted by Gasteiger charge is -2.14. The van der Waals surface area contributed by atoms with E-state index in [0.717, 1.165) is 24.3 Å². The Kier molecular flexibility index (Phi) is 7.58. The van der Waals surface area contributed by atoms with E-state index in [4.69, 9.17) is 12.2 Å². The van der Waals surface area contributed by atoms with E-state index < -0.39 is 55.0 Å². The minimum atomic E-state index is -4.76. The quantitative estimate of drug-likeness (QED) is 0.424. The molecular weight excluding hydrogens is 483 g/mol. The summed E-state index contributed by atoms with van der Waals surface area (Å²) in [6.07, 6.45) is -14.1. The largest absolute Gasteiger partial charge is 0.468 e. The van der Waals surface area contributed by atoms with Crippen LogP contribution in [0.2, 0.25) is 0 Å². The molecular formula is C16H11F9N4O2S. The summed E-state index contributed by atoms with van der Waals surface area (Å²) in [6.45, 7) is -3.59. The normalized spacial score (nSPS) is 12.3. The Hall–Kier alpha value is -3.04. The van der Waals surface area contributed by atoms with Crippen LogP contribution in [-0.2, 0) is 6.18 Å². The molecule has 0 unspecified atom stereocenters. The summed E-state index contributed by atoms with van der Waals surface area (Å²) in [6, 6.07) is 4.21. The molecule has 2 aromatic rings. The first-order valence-electron chi connectivity index (χ1n) is 8.14. The highest BCUT2D eigenvalue weighted by atomic mass is 32.1. The van der Waals surface area contributed by atoms with Gasteiger partial charge < -0.3 is 20.1 Å². The van der Waals surface area contributed by atoms with Crippen LogP contribution >= 0.6 is 12.2 Å². The van der Waals surface area contributed by atoms with E-state index >= 15 is 0 Å². The van der Waals surface area contributed by atoms with E-state index in [1.54, 1.807) is 0 Å². The minimum Gasteiger partial charge on any atom is -0.468 e. The molecule has 0 bridgehead atoms. The summed E-state index contributed by atoms with van der Waals surface area (Å²) in [5, 5.41) is 4.38. The minimum absolute atomic E-state index is 0.0912. The van der Waals surface area contributed by atoms with Gasteiger partial charge >= 0.3 is 18.5 Å². The van der Waals surface area contributed by atoms with Crippen molar-refractivity contribution in [2.45, 2.75) is 18.5 Å². The molecule has 0 atom stereocenters. The molecule has 0 saturated carbocycles. The van der Waals surface area contributed by atoms with Crippen LogP contribution in [0.5, 0.6) is 11.8 Å². The predicted octanol–water partition coefficient (Wildman–Crippen LogP) is 5.19. The number of hydrogen-bond acceptors (Lipinski definition) is 5. The van der Waals surface area contributed by atoms with Crippen LogP contribution < -0.4 is 20.1 Å². The van der Waals surface area contributed by atoms with E-state index in [1.165, 1.54) is 0 Å². The number of halogens is 9. The van der Waals surface area contributed by atoms with Gasteiger partial charge in [0.15, 0.2) is 18.3 Å². The zero-order valence-corrected chi connectivity index (χ0v) is 16.1. The summed E-state index contributed by atoms with van der Waals surface area (Å²) in [5.74, 6) is -2.13. The molecule has 32 heavy (non-hydrogen) atoms. The summed E-state index contributed by atoms with van der Waals surface area (Å²) in [7, 11) is 0. The van der Waals surface area contributed by atoms with E-state index in [1.807, 2.05) is 0 Å². The van der Waals surface area contributed by atoms with Crippen LogP contribution in [0, 0.1) is 0 Å². The van der Waals surface area contributed by atoms with Gasteiger partial charge in [0.05, 0.1) is 11.6 Å². The van der Waals surface area contributed by atoms with Crippen molar-refractivity contribution >= 4 is 29.0 Å². The topological polar surface area (TPSA) is 68.3 Å². The summed E-state index contributed by atoms with van der Waals surface area (Å²) in [5.41, 5.74) is -0.834. The number of hydrogen-bond donors (Lipinski definition) is 2. The summed E-state index contributed by atoms with van der Waals surface area (Å²) < 4.78 is 121. The summed E-state index contributed by atoms with van der Waals surface area (Å²) in [4.78, 5) is 7.05. The van der Waals surface area contributed by atoms with Gasteiger partial charge in [0.25, 0.3) is 0 Å². The molecule has 0 amide bonds. The Balaban J connectivity index is 2.14. The highest BCUT2D eigenvalue weighted by Crippen LogP contribution is 2.30. The van der Waals surface area contributed by atoms with Crippen LogP contribution in [0.25, 0.3) is 0 Å². The van der Waals surface area contributed by atoms with Crippen molar-refractivity contribution in [3.8, 4) is 11.8 Å². The average molecular weight is 494 g/mol. The lowest BCUT2D eigenvalue weighted by molar-refractivity contribution is -0.154. The number of ether oxygens (including phenoxy) is 2. The van der Waals surface area contributed by atoms with Gasteiger partial charge in [-0.1, -0.05) is 0 Å². The van der Waals surface area contributed by atoms with Gasteiger partial charge in [0, 0.05) is 5.69 Å². The van der Waals surface area contributed by atoms with Gasteiger partial charge in [-0.15, -0.1) is 0 Å². The first kappa shape index (κ1) is 25.2. The van der Waals surface area contributed by atoms with Gasteiger partial charge in [0.2, 0.25) is 17.7 Å². The Labute approximate surface area is 178 Å². The Morgan fingerprint density at radius 3 is 1.66 bits per heavy atom. The Morgan fingerprint density at radius 1 is 0.781 bits per heavy atom. The molecule has 2 N–H and O–H groups in total. The number of aromatic nitrogens is 2. The van der Waals surface area contributed by atoms with Gasteiger partial charge in [-0.25, -0.2) is 0 Å².